The van der Waals surface area contributed by atoms with Gasteiger partial charge in [0.05, 0.1) is 33.6 Å². The largest absolute Gasteiger partial charge is 0.254 e. The quantitative estimate of drug-likeness (QED) is 0.222. The highest BCUT2D eigenvalue weighted by molar-refractivity contribution is 6.03. The van der Waals surface area contributed by atoms with Gasteiger partial charge < -0.3 is 0 Å². The maximum atomic E-state index is 5.18. The first-order valence-corrected chi connectivity index (χ1v) is 13.5. The fourth-order valence-corrected chi connectivity index (χ4v) is 5.81. The Balaban J connectivity index is 1.27. The minimum absolute atomic E-state index is 0.927. The van der Waals surface area contributed by atoms with E-state index in [1.54, 1.807) is 0 Å². The van der Waals surface area contributed by atoms with Crippen LogP contribution in [-0.2, 0) is 0 Å². The Bertz CT molecular complexity index is 2210. The highest BCUT2D eigenvalue weighted by Crippen LogP contribution is 2.35. The first-order chi connectivity index (χ1) is 19.7. The molecule has 0 N–H and O–H groups in total. The Kier molecular flexibility index (Phi) is 5.01. The molecule has 0 radical (unpaired) electrons. The molecular weight excluding hydrogens is 488 g/mol. The molecule has 0 atom stereocenters. The van der Waals surface area contributed by atoms with Gasteiger partial charge in [-0.15, -0.1) is 0 Å². The molecule has 0 saturated heterocycles. The van der Waals surface area contributed by atoms with Gasteiger partial charge in [-0.1, -0.05) is 103 Å². The van der Waals surface area contributed by atoms with E-state index in [1.165, 1.54) is 16.3 Å². The number of rotatable bonds is 3. The minimum Gasteiger partial charge on any atom is -0.254 e. The average Bonchev–Trinajstić information content (AvgIpc) is 3.38. The van der Waals surface area contributed by atoms with Crippen LogP contribution in [0.3, 0.4) is 0 Å². The van der Waals surface area contributed by atoms with Gasteiger partial charge >= 0.3 is 0 Å². The van der Waals surface area contributed by atoms with Crippen LogP contribution < -0.4 is 0 Å². The van der Waals surface area contributed by atoms with E-state index in [2.05, 4.69) is 126 Å². The summed E-state index contributed by atoms with van der Waals surface area (Å²) in [4.78, 5) is 9.63. The number of aryl methyl sites for hydroxylation is 1. The van der Waals surface area contributed by atoms with Gasteiger partial charge in [0.15, 0.2) is 0 Å². The van der Waals surface area contributed by atoms with Gasteiger partial charge in [-0.25, -0.2) is 9.50 Å². The zero-order chi connectivity index (χ0) is 26.6. The van der Waals surface area contributed by atoms with Crippen LogP contribution in [0.5, 0.6) is 0 Å². The molecule has 4 heterocycles. The Labute approximate surface area is 231 Å². The third kappa shape index (κ3) is 3.50. The first-order valence-electron chi connectivity index (χ1n) is 13.5. The van der Waals surface area contributed by atoms with E-state index in [9.17, 15) is 0 Å². The highest BCUT2D eigenvalue weighted by atomic mass is 15.2. The maximum absolute atomic E-state index is 5.18. The SMILES string of the molecule is Cc1c(-c2ccc(-c3ccc4ccc5cccnc5c4n3)cc2)nn2c(-c3ccccc3)cc3ccccc3c12. The summed E-state index contributed by atoms with van der Waals surface area (Å²) in [6, 6.07) is 42.3. The van der Waals surface area contributed by atoms with Crippen molar-refractivity contribution in [2.24, 2.45) is 0 Å². The summed E-state index contributed by atoms with van der Waals surface area (Å²) in [5.74, 6) is 0. The Morgan fingerprint density at radius 2 is 1.27 bits per heavy atom. The van der Waals surface area contributed by atoms with E-state index >= 15 is 0 Å². The first kappa shape index (κ1) is 22.6. The summed E-state index contributed by atoms with van der Waals surface area (Å²) in [5.41, 5.74) is 10.5. The topological polar surface area (TPSA) is 43.1 Å². The van der Waals surface area contributed by atoms with Gasteiger partial charge in [0.1, 0.15) is 0 Å². The van der Waals surface area contributed by atoms with E-state index in [0.29, 0.717) is 0 Å². The van der Waals surface area contributed by atoms with Gasteiger partial charge in [-0.3, -0.25) is 4.98 Å². The van der Waals surface area contributed by atoms with Crippen molar-refractivity contribution in [2.75, 3.05) is 0 Å². The van der Waals surface area contributed by atoms with Crippen LogP contribution in [0.15, 0.2) is 128 Å². The van der Waals surface area contributed by atoms with Crippen LogP contribution in [0.2, 0.25) is 0 Å². The number of fused-ring (bicyclic) bond motifs is 6. The lowest BCUT2D eigenvalue weighted by Crippen LogP contribution is -1.95. The van der Waals surface area contributed by atoms with Crippen LogP contribution >= 0.6 is 0 Å². The minimum atomic E-state index is 0.927. The molecule has 4 aromatic carbocycles. The molecule has 0 spiro atoms. The van der Waals surface area contributed by atoms with Crippen LogP contribution in [0.1, 0.15) is 5.56 Å². The number of pyridine rings is 3. The smallest absolute Gasteiger partial charge is 0.0972 e. The van der Waals surface area contributed by atoms with Crippen molar-refractivity contribution in [1.29, 1.82) is 0 Å². The molecule has 4 nitrogen and oxygen atoms in total. The van der Waals surface area contributed by atoms with Gasteiger partial charge in [0, 0.05) is 44.6 Å². The predicted octanol–water partition coefficient (Wildman–Crippen LogP) is 8.89. The van der Waals surface area contributed by atoms with Crippen LogP contribution in [0, 0.1) is 6.92 Å². The second kappa shape index (κ2) is 8.85. The van der Waals surface area contributed by atoms with Gasteiger partial charge in [-0.05, 0) is 30.5 Å². The lowest BCUT2D eigenvalue weighted by Gasteiger charge is -2.09. The van der Waals surface area contributed by atoms with Crippen LogP contribution in [-0.4, -0.2) is 19.6 Å². The van der Waals surface area contributed by atoms with Gasteiger partial charge in [-0.2, -0.15) is 5.10 Å². The van der Waals surface area contributed by atoms with Crippen molar-refractivity contribution < 1.29 is 0 Å². The lowest BCUT2D eigenvalue weighted by atomic mass is 10.0. The molecule has 4 aromatic heterocycles. The van der Waals surface area contributed by atoms with Crippen molar-refractivity contribution >= 4 is 38.1 Å². The normalized spacial score (nSPS) is 11.6. The molecular formula is C36H24N4. The number of nitrogens with zero attached hydrogens (tertiary/aromatic N) is 4. The van der Waals surface area contributed by atoms with E-state index in [1.807, 2.05) is 18.3 Å². The van der Waals surface area contributed by atoms with Crippen molar-refractivity contribution in [1.82, 2.24) is 19.6 Å². The second-order valence-electron chi connectivity index (χ2n) is 10.2. The molecule has 0 unspecified atom stereocenters. The fraction of sp³-hybridized carbons (Fsp3) is 0.0278. The molecule has 0 bridgehead atoms. The van der Waals surface area contributed by atoms with Gasteiger partial charge in [0.2, 0.25) is 0 Å². The molecule has 0 aliphatic carbocycles. The molecule has 8 rings (SSSR count). The summed E-state index contributed by atoms with van der Waals surface area (Å²) >= 11 is 0. The van der Waals surface area contributed by atoms with Crippen molar-refractivity contribution in [3.63, 3.8) is 0 Å². The molecule has 40 heavy (non-hydrogen) atoms. The summed E-state index contributed by atoms with van der Waals surface area (Å²) in [6.45, 7) is 2.18. The Hall–Kier alpha value is -5.35. The molecule has 0 aliphatic rings. The zero-order valence-electron chi connectivity index (χ0n) is 21.9. The van der Waals surface area contributed by atoms with E-state index < -0.39 is 0 Å². The Morgan fingerprint density at radius 3 is 2.12 bits per heavy atom. The molecule has 0 saturated carbocycles. The summed E-state index contributed by atoms with van der Waals surface area (Å²) in [7, 11) is 0. The molecule has 188 valence electrons. The van der Waals surface area contributed by atoms with E-state index in [0.717, 1.165) is 61.1 Å². The summed E-state index contributed by atoms with van der Waals surface area (Å²) < 4.78 is 2.11. The molecule has 8 aromatic rings. The van der Waals surface area contributed by atoms with Crippen LogP contribution in [0.4, 0.5) is 0 Å². The van der Waals surface area contributed by atoms with E-state index in [4.69, 9.17) is 10.1 Å². The molecule has 0 aliphatic heterocycles. The molecule has 0 amide bonds. The van der Waals surface area contributed by atoms with Crippen molar-refractivity contribution in [3.05, 3.63) is 133 Å². The number of hydrogen-bond acceptors (Lipinski definition) is 3. The number of aromatic nitrogens is 4. The van der Waals surface area contributed by atoms with Crippen molar-refractivity contribution in [2.45, 2.75) is 6.92 Å². The predicted molar refractivity (Wildman–Crippen MR) is 164 cm³/mol. The standard InChI is InChI=1S/C36H24N4/c1-23-33(39-40-32(25-8-3-2-4-9-25)22-29-10-5-6-12-30(29)36(23)40)27-15-13-24(14-16-27)31-20-19-28-18-17-26-11-7-21-37-34(26)35(28)38-31/h2-22H,1H3. The monoisotopic (exact) mass is 512 g/mol. The van der Waals surface area contributed by atoms with E-state index in [-0.39, 0.29) is 0 Å². The van der Waals surface area contributed by atoms with Crippen LogP contribution in [0.25, 0.3) is 71.9 Å². The second-order valence-corrected chi connectivity index (χ2v) is 10.2. The molecule has 4 heteroatoms. The third-order valence-corrected chi connectivity index (χ3v) is 7.81. The van der Waals surface area contributed by atoms with Gasteiger partial charge in [0.25, 0.3) is 0 Å². The fourth-order valence-electron chi connectivity index (χ4n) is 5.81. The summed E-state index contributed by atoms with van der Waals surface area (Å²) in [6.07, 6.45) is 1.83. The Morgan fingerprint density at radius 1 is 0.575 bits per heavy atom. The third-order valence-electron chi connectivity index (χ3n) is 7.81. The highest BCUT2D eigenvalue weighted by Gasteiger charge is 2.17. The van der Waals surface area contributed by atoms with Crippen molar-refractivity contribution in [3.8, 4) is 33.8 Å². The number of hydrogen-bond donors (Lipinski definition) is 0. The average molecular weight is 513 g/mol. The number of benzene rings is 4. The maximum Gasteiger partial charge on any atom is 0.0972 e. The molecule has 0 fully saturated rings. The summed E-state index contributed by atoms with van der Waals surface area (Å²) in [5, 5.41) is 9.78. The zero-order valence-corrected chi connectivity index (χ0v) is 21.9. The lowest BCUT2D eigenvalue weighted by molar-refractivity contribution is 0.979.